The van der Waals surface area contributed by atoms with Gasteiger partial charge in [-0.3, -0.25) is 0 Å². The molecule has 0 saturated heterocycles. The minimum absolute atomic E-state index is 0.787. The molecule has 3 rings (SSSR count). The lowest BCUT2D eigenvalue weighted by atomic mass is 10.2. The summed E-state index contributed by atoms with van der Waals surface area (Å²) in [6.07, 6.45) is 1.70. The number of aromatic nitrogens is 3. The third kappa shape index (κ3) is 3.44. The predicted octanol–water partition coefficient (Wildman–Crippen LogP) is 3.90. The summed E-state index contributed by atoms with van der Waals surface area (Å²) in [6, 6.07) is 17.9. The second kappa shape index (κ2) is 6.45. The van der Waals surface area contributed by atoms with Crippen molar-refractivity contribution in [2.45, 2.75) is 10.9 Å². The maximum Gasteiger partial charge on any atom is 0.191 e. The Bertz CT molecular complexity index is 712. The van der Waals surface area contributed by atoms with Crippen LogP contribution in [0.5, 0.6) is 11.5 Å². The summed E-state index contributed by atoms with van der Waals surface area (Å²) in [4.78, 5) is 0. The minimum Gasteiger partial charge on any atom is -0.457 e. The molecule has 1 heterocycles. The van der Waals surface area contributed by atoms with Crippen LogP contribution in [0.3, 0.4) is 0 Å². The van der Waals surface area contributed by atoms with Crippen LogP contribution >= 0.6 is 11.8 Å². The van der Waals surface area contributed by atoms with Crippen molar-refractivity contribution in [1.29, 1.82) is 0 Å². The van der Waals surface area contributed by atoms with E-state index in [0.29, 0.717) is 0 Å². The first-order valence-electron chi connectivity index (χ1n) is 6.60. The molecule has 1 aromatic heterocycles. The fourth-order valence-electron chi connectivity index (χ4n) is 1.88. The van der Waals surface area contributed by atoms with Crippen molar-refractivity contribution < 1.29 is 4.74 Å². The van der Waals surface area contributed by atoms with Gasteiger partial charge in [0.25, 0.3) is 0 Å². The van der Waals surface area contributed by atoms with E-state index in [-0.39, 0.29) is 0 Å². The lowest BCUT2D eigenvalue weighted by Gasteiger charge is -2.10. The van der Waals surface area contributed by atoms with Crippen LogP contribution in [0, 0.1) is 0 Å². The monoisotopic (exact) mass is 297 g/mol. The number of para-hydroxylation sites is 2. The first-order valence-corrected chi connectivity index (χ1v) is 7.59. The van der Waals surface area contributed by atoms with E-state index in [1.54, 1.807) is 18.1 Å². The second-order valence-corrected chi connectivity index (χ2v) is 5.48. The standard InChI is InChI=1S/C16H15N3OS/c1-19-12-17-18-16(19)21-11-13-7-5-6-10-15(13)20-14-8-3-2-4-9-14/h2-10,12H,11H2,1H3. The molecule has 2 aromatic carbocycles. The van der Waals surface area contributed by atoms with Crippen LogP contribution in [0.25, 0.3) is 0 Å². The molecule has 0 atom stereocenters. The summed E-state index contributed by atoms with van der Waals surface area (Å²) in [5.74, 6) is 2.50. The Kier molecular flexibility index (Phi) is 4.21. The van der Waals surface area contributed by atoms with Gasteiger partial charge in [0.1, 0.15) is 17.8 Å². The molecule has 0 radical (unpaired) electrons. The van der Waals surface area contributed by atoms with Gasteiger partial charge < -0.3 is 9.30 Å². The summed E-state index contributed by atoms with van der Waals surface area (Å²) < 4.78 is 7.86. The van der Waals surface area contributed by atoms with Gasteiger partial charge in [-0.05, 0) is 18.2 Å². The van der Waals surface area contributed by atoms with Crippen LogP contribution in [0.1, 0.15) is 5.56 Å². The molecule has 21 heavy (non-hydrogen) atoms. The number of ether oxygens (including phenoxy) is 1. The van der Waals surface area contributed by atoms with Gasteiger partial charge in [0.15, 0.2) is 5.16 Å². The maximum absolute atomic E-state index is 5.95. The van der Waals surface area contributed by atoms with E-state index in [1.165, 1.54) is 0 Å². The first-order chi connectivity index (χ1) is 10.3. The van der Waals surface area contributed by atoms with Crippen molar-refractivity contribution in [1.82, 2.24) is 14.8 Å². The van der Waals surface area contributed by atoms with Gasteiger partial charge in [0.05, 0.1) is 0 Å². The van der Waals surface area contributed by atoms with E-state index in [4.69, 9.17) is 4.74 Å². The van der Waals surface area contributed by atoms with Crippen LogP contribution in [-0.2, 0) is 12.8 Å². The number of hydrogen-bond donors (Lipinski definition) is 0. The lowest BCUT2D eigenvalue weighted by Crippen LogP contribution is -1.92. The van der Waals surface area contributed by atoms with Gasteiger partial charge in [-0.1, -0.05) is 48.2 Å². The molecule has 4 nitrogen and oxygen atoms in total. The maximum atomic E-state index is 5.95. The van der Waals surface area contributed by atoms with Crippen molar-refractivity contribution in [3.63, 3.8) is 0 Å². The Labute approximate surface area is 127 Å². The Balaban J connectivity index is 1.75. The summed E-state index contributed by atoms with van der Waals surface area (Å²) in [7, 11) is 1.94. The molecule has 0 amide bonds. The average Bonchev–Trinajstić information content (AvgIpc) is 2.93. The first kappa shape index (κ1) is 13.7. The highest BCUT2D eigenvalue weighted by atomic mass is 32.2. The highest BCUT2D eigenvalue weighted by Crippen LogP contribution is 2.29. The van der Waals surface area contributed by atoms with Crippen LogP contribution in [0.4, 0.5) is 0 Å². The summed E-state index contributed by atoms with van der Waals surface area (Å²) in [5, 5.41) is 8.86. The zero-order valence-corrected chi connectivity index (χ0v) is 12.5. The number of thioether (sulfide) groups is 1. The van der Waals surface area contributed by atoms with Crippen LogP contribution in [0.15, 0.2) is 66.1 Å². The molecule has 0 bridgehead atoms. The van der Waals surface area contributed by atoms with Gasteiger partial charge >= 0.3 is 0 Å². The fourth-order valence-corrected chi connectivity index (χ4v) is 2.76. The molecular weight excluding hydrogens is 282 g/mol. The normalized spacial score (nSPS) is 10.5. The van der Waals surface area contributed by atoms with E-state index in [0.717, 1.165) is 28.0 Å². The van der Waals surface area contributed by atoms with Crippen molar-refractivity contribution >= 4 is 11.8 Å². The molecule has 0 N–H and O–H groups in total. The molecule has 0 spiro atoms. The minimum atomic E-state index is 0.787. The Hall–Kier alpha value is -2.27. The number of nitrogens with zero attached hydrogens (tertiary/aromatic N) is 3. The number of hydrogen-bond acceptors (Lipinski definition) is 4. The van der Waals surface area contributed by atoms with Crippen molar-refractivity contribution in [2.75, 3.05) is 0 Å². The largest absolute Gasteiger partial charge is 0.457 e. The molecule has 0 unspecified atom stereocenters. The number of benzene rings is 2. The van der Waals surface area contributed by atoms with E-state index in [1.807, 2.05) is 60.1 Å². The Morgan fingerprint density at radius 1 is 1.05 bits per heavy atom. The number of rotatable bonds is 5. The van der Waals surface area contributed by atoms with Crippen LogP contribution in [0.2, 0.25) is 0 Å². The second-order valence-electron chi connectivity index (χ2n) is 4.54. The van der Waals surface area contributed by atoms with Gasteiger partial charge in [0, 0.05) is 18.4 Å². The van der Waals surface area contributed by atoms with E-state index in [2.05, 4.69) is 16.3 Å². The molecule has 106 valence electrons. The predicted molar refractivity (Wildman–Crippen MR) is 83.5 cm³/mol. The quantitative estimate of drug-likeness (QED) is 0.670. The zero-order valence-electron chi connectivity index (χ0n) is 11.6. The Morgan fingerprint density at radius 2 is 1.81 bits per heavy atom. The zero-order chi connectivity index (χ0) is 14.5. The van der Waals surface area contributed by atoms with E-state index >= 15 is 0 Å². The van der Waals surface area contributed by atoms with Crippen molar-refractivity contribution in [3.8, 4) is 11.5 Å². The SMILES string of the molecule is Cn1cnnc1SCc1ccccc1Oc1ccccc1. The molecule has 0 aliphatic heterocycles. The lowest BCUT2D eigenvalue weighted by molar-refractivity contribution is 0.478. The highest BCUT2D eigenvalue weighted by Gasteiger charge is 2.07. The van der Waals surface area contributed by atoms with Gasteiger partial charge in [-0.25, -0.2) is 0 Å². The molecule has 5 heteroatoms. The number of aryl methyl sites for hydroxylation is 1. The van der Waals surface area contributed by atoms with E-state index < -0.39 is 0 Å². The molecule has 0 aliphatic carbocycles. The van der Waals surface area contributed by atoms with Crippen molar-refractivity contribution in [2.24, 2.45) is 7.05 Å². The van der Waals surface area contributed by atoms with Gasteiger partial charge in [-0.2, -0.15) is 0 Å². The van der Waals surface area contributed by atoms with Gasteiger partial charge in [0.2, 0.25) is 0 Å². The molecule has 0 saturated carbocycles. The average molecular weight is 297 g/mol. The third-order valence-corrected chi connectivity index (χ3v) is 4.05. The Morgan fingerprint density at radius 3 is 2.57 bits per heavy atom. The fraction of sp³-hybridized carbons (Fsp3) is 0.125. The smallest absolute Gasteiger partial charge is 0.191 e. The molecule has 3 aromatic rings. The van der Waals surface area contributed by atoms with Gasteiger partial charge in [-0.15, -0.1) is 10.2 Å². The van der Waals surface area contributed by atoms with Crippen LogP contribution < -0.4 is 4.74 Å². The summed E-state index contributed by atoms with van der Waals surface area (Å²) >= 11 is 1.64. The van der Waals surface area contributed by atoms with E-state index in [9.17, 15) is 0 Å². The molecule has 0 fully saturated rings. The third-order valence-electron chi connectivity index (χ3n) is 2.97. The summed E-state index contributed by atoms with van der Waals surface area (Å²) in [6.45, 7) is 0. The topological polar surface area (TPSA) is 39.9 Å². The summed E-state index contributed by atoms with van der Waals surface area (Å²) in [5.41, 5.74) is 1.13. The van der Waals surface area contributed by atoms with Crippen molar-refractivity contribution in [3.05, 3.63) is 66.5 Å². The molecule has 0 aliphatic rings. The highest BCUT2D eigenvalue weighted by molar-refractivity contribution is 7.98. The van der Waals surface area contributed by atoms with Crippen LogP contribution in [-0.4, -0.2) is 14.8 Å². The molecular formula is C16H15N3OS.